The van der Waals surface area contributed by atoms with E-state index in [1.807, 2.05) is 0 Å². The van der Waals surface area contributed by atoms with Crippen LogP contribution in [0.5, 0.6) is 0 Å². The van der Waals surface area contributed by atoms with Crippen LogP contribution in [0, 0.1) is 0 Å². The Hall–Kier alpha value is -0.610. The van der Waals surface area contributed by atoms with Crippen molar-refractivity contribution >= 4 is 28.9 Å². The van der Waals surface area contributed by atoms with Gasteiger partial charge in [-0.2, -0.15) is 0 Å². The Balaban J connectivity index is 3.29. The van der Waals surface area contributed by atoms with Gasteiger partial charge in [0, 0.05) is 11.3 Å². The molecular formula is C7H6Cl2F2N2. The third-order valence-corrected chi connectivity index (χ3v) is 1.96. The van der Waals surface area contributed by atoms with E-state index in [9.17, 15) is 8.78 Å². The Labute approximate surface area is 83.7 Å². The maximum Gasteiger partial charge on any atom is 0.280 e. The van der Waals surface area contributed by atoms with E-state index in [1.54, 1.807) is 0 Å². The molecule has 1 aromatic heterocycles. The molecule has 0 saturated heterocycles. The van der Waals surface area contributed by atoms with Gasteiger partial charge in [0.15, 0.2) is 0 Å². The summed E-state index contributed by atoms with van der Waals surface area (Å²) in [5, 5.41) is -0.0540. The maximum absolute atomic E-state index is 12.3. The highest BCUT2D eigenvalue weighted by Crippen LogP contribution is 2.28. The zero-order valence-corrected chi connectivity index (χ0v) is 7.91. The zero-order valence-electron chi connectivity index (χ0n) is 6.40. The number of nitrogens with two attached hydrogens (primary N) is 1. The predicted molar refractivity (Wildman–Crippen MR) is 48.2 cm³/mol. The summed E-state index contributed by atoms with van der Waals surface area (Å²) in [4.78, 5) is 3.46. The molecule has 2 nitrogen and oxygen atoms in total. The normalized spacial score (nSPS) is 10.8. The number of pyridine rings is 1. The molecule has 1 rings (SSSR count). The van der Waals surface area contributed by atoms with Gasteiger partial charge in [-0.25, -0.2) is 13.8 Å². The van der Waals surface area contributed by atoms with Gasteiger partial charge >= 0.3 is 0 Å². The van der Waals surface area contributed by atoms with E-state index in [4.69, 9.17) is 28.9 Å². The van der Waals surface area contributed by atoms with Crippen molar-refractivity contribution in [1.82, 2.24) is 4.98 Å². The number of nitrogen functional groups attached to an aromatic ring is 1. The van der Waals surface area contributed by atoms with Gasteiger partial charge in [-0.3, -0.25) is 0 Å². The largest absolute Gasteiger partial charge is 0.398 e. The molecule has 0 saturated carbocycles. The van der Waals surface area contributed by atoms with Gasteiger partial charge in [0.25, 0.3) is 6.43 Å². The molecule has 0 spiro atoms. The number of nitrogens with zero attached hydrogens (tertiary/aromatic N) is 1. The van der Waals surface area contributed by atoms with Crippen molar-refractivity contribution in [2.24, 2.45) is 0 Å². The smallest absolute Gasteiger partial charge is 0.280 e. The molecule has 13 heavy (non-hydrogen) atoms. The average molecular weight is 227 g/mol. The predicted octanol–water partition coefficient (Wildman–Crippen LogP) is 2.99. The van der Waals surface area contributed by atoms with E-state index >= 15 is 0 Å². The van der Waals surface area contributed by atoms with Gasteiger partial charge in [-0.1, -0.05) is 11.6 Å². The molecule has 0 unspecified atom stereocenters. The van der Waals surface area contributed by atoms with Gasteiger partial charge in [0.05, 0.1) is 5.88 Å². The van der Waals surface area contributed by atoms with Crippen LogP contribution in [0.1, 0.15) is 17.7 Å². The number of anilines is 1. The van der Waals surface area contributed by atoms with Crippen molar-refractivity contribution < 1.29 is 8.78 Å². The number of hydrogen-bond donors (Lipinski definition) is 1. The maximum atomic E-state index is 12.3. The Kier molecular flexibility index (Phi) is 3.27. The average Bonchev–Trinajstić information content (AvgIpc) is 2.02. The molecule has 0 aromatic carbocycles. The summed E-state index contributed by atoms with van der Waals surface area (Å²) in [6, 6.07) is 1.30. The summed E-state index contributed by atoms with van der Waals surface area (Å²) in [6.07, 6.45) is -2.71. The lowest BCUT2D eigenvalue weighted by Crippen LogP contribution is -2.02. The highest BCUT2D eigenvalue weighted by Gasteiger charge is 2.17. The highest BCUT2D eigenvalue weighted by atomic mass is 35.5. The lowest BCUT2D eigenvalue weighted by Gasteiger charge is -2.08. The quantitative estimate of drug-likeness (QED) is 0.622. The lowest BCUT2D eigenvalue weighted by molar-refractivity contribution is 0.145. The molecule has 2 N–H and O–H groups in total. The second-order valence-electron chi connectivity index (χ2n) is 2.33. The molecule has 0 aliphatic carbocycles. The monoisotopic (exact) mass is 226 g/mol. The second kappa shape index (κ2) is 4.07. The first-order valence-electron chi connectivity index (χ1n) is 3.35. The van der Waals surface area contributed by atoms with Crippen LogP contribution in [-0.4, -0.2) is 4.98 Å². The molecule has 6 heteroatoms. The Morgan fingerprint density at radius 2 is 2.15 bits per heavy atom. The van der Waals surface area contributed by atoms with Crippen LogP contribution in [0.2, 0.25) is 5.15 Å². The van der Waals surface area contributed by atoms with E-state index in [2.05, 4.69) is 4.98 Å². The number of hydrogen-bond acceptors (Lipinski definition) is 2. The number of rotatable bonds is 2. The van der Waals surface area contributed by atoms with Crippen molar-refractivity contribution in [3.8, 4) is 0 Å². The van der Waals surface area contributed by atoms with Crippen molar-refractivity contribution in [3.63, 3.8) is 0 Å². The van der Waals surface area contributed by atoms with Crippen molar-refractivity contribution in [2.45, 2.75) is 12.3 Å². The fourth-order valence-electron chi connectivity index (χ4n) is 0.904. The van der Waals surface area contributed by atoms with Crippen LogP contribution in [-0.2, 0) is 5.88 Å². The Bertz CT molecular complexity index is 318. The highest BCUT2D eigenvalue weighted by molar-refractivity contribution is 6.29. The molecule has 0 aliphatic rings. The number of aromatic nitrogens is 1. The molecule has 0 atom stereocenters. The molecular weight excluding hydrogens is 221 g/mol. The van der Waals surface area contributed by atoms with E-state index in [0.717, 1.165) is 0 Å². The topological polar surface area (TPSA) is 38.9 Å². The first-order valence-corrected chi connectivity index (χ1v) is 4.26. The third kappa shape index (κ3) is 2.19. The first kappa shape index (κ1) is 10.5. The summed E-state index contributed by atoms with van der Waals surface area (Å²) in [5.41, 5.74) is 5.27. The molecule has 72 valence electrons. The van der Waals surface area contributed by atoms with Gasteiger partial charge in [0.1, 0.15) is 10.8 Å². The summed E-state index contributed by atoms with van der Waals surface area (Å²) in [6.45, 7) is 0. The summed E-state index contributed by atoms with van der Waals surface area (Å²) in [5.74, 6) is -0.102. The SMILES string of the molecule is Nc1cc(Cl)nc(C(F)F)c1CCl. The van der Waals surface area contributed by atoms with Crippen molar-refractivity contribution in [1.29, 1.82) is 0 Å². The molecule has 0 aliphatic heterocycles. The third-order valence-electron chi connectivity index (χ3n) is 1.50. The number of alkyl halides is 3. The van der Waals surface area contributed by atoms with E-state index in [1.165, 1.54) is 6.07 Å². The molecule has 0 radical (unpaired) electrons. The van der Waals surface area contributed by atoms with E-state index < -0.39 is 12.1 Å². The molecule has 0 fully saturated rings. The standard InChI is InChI=1S/C7H6Cl2F2N2/c8-2-3-4(12)1-5(9)13-6(3)7(10)11/h1,7H,2H2,(H2,12,13). The minimum absolute atomic E-state index is 0.0540. The summed E-state index contributed by atoms with van der Waals surface area (Å²) >= 11 is 10.9. The van der Waals surface area contributed by atoms with Crippen LogP contribution in [0.4, 0.5) is 14.5 Å². The molecule has 1 heterocycles. The molecule has 1 aromatic rings. The minimum atomic E-state index is -2.71. The van der Waals surface area contributed by atoms with Crippen LogP contribution in [0.25, 0.3) is 0 Å². The van der Waals surface area contributed by atoms with Crippen LogP contribution in [0.15, 0.2) is 6.07 Å². The van der Waals surface area contributed by atoms with Crippen LogP contribution < -0.4 is 5.73 Å². The van der Waals surface area contributed by atoms with E-state index in [-0.39, 0.29) is 22.3 Å². The van der Waals surface area contributed by atoms with Gasteiger partial charge in [-0.15, -0.1) is 11.6 Å². The van der Waals surface area contributed by atoms with Gasteiger partial charge < -0.3 is 5.73 Å². The zero-order chi connectivity index (χ0) is 10.0. The van der Waals surface area contributed by atoms with Crippen molar-refractivity contribution in [3.05, 3.63) is 22.5 Å². The van der Waals surface area contributed by atoms with Crippen molar-refractivity contribution in [2.75, 3.05) is 5.73 Å². The fraction of sp³-hybridized carbons (Fsp3) is 0.286. The summed E-state index contributed by atoms with van der Waals surface area (Å²) in [7, 11) is 0. The minimum Gasteiger partial charge on any atom is -0.398 e. The van der Waals surface area contributed by atoms with E-state index in [0.29, 0.717) is 0 Å². The Morgan fingerprint density at radius 3 is 2.62 bits per heavy atom. The van der Waals surface area contributed by atoms with Crippen LogP contribution >= 0.6 is 23.2 Å². The second-order valence-corrected chi connectivity index (χ2v) is 2.99. The lowest BCUT2D eigenvalue weighted by atomic mass is 10.2. The molecule has 0 bridgehead atoms. The fourth-order valence-corrected chi connectivity index (χ4v) is 1.40. The van der Waals surface area contributed by atoms with Gasteiger partial charge in [0.2, 0.25) is 0 Å². The first-order chi connectivity index (χ1) is 6.06. The Morgan fingerprint density at radius 1 is 1.54 bits per heavy atom. The summed E-state index contributed by atoms with van der Waals surface area (Å²) < 4.78 is 24.7. The van der Waals surface area contributed by atoms with Gasteiger partial charge in [-0.05, 0) is 6.07 Å². The van der Waals surface area contributed by atoms with Crippen LogP contribution in [0.3, 0.4) is 0 Å². The molecule has 0 amide bonds. The number of halogens is 4.